The van der Waals surface area contributed by atoms with Gasteiger partial charge >= 0.3 is 5.69 Å². The smallest absolute Gasteiger partial charge is 0.315 e. The molecule has 0 bridgehead atoms. The summed E-state index contributed by atoms with van der Waals surface area (Å²) in [5.74, 6) is -1.20. The number of methoxy groups -OCH3 is 1. The lowest BCUT2D eigenvalue weighted by atomic mass is 10.0. The van der Waals surface area contributed by atoms with E-state index < -0.39 is 22.2 Å². The first-order valence-corrected chi connectivity index (χ1v) is 6.39. The molecule has 0 spiro atoms. The lowest BCUT2D eigenvalue weighted by Crippen LogP contribution is -1.93. The zero-order chi connectivity index (χ0) is 17.0. The molecule has 2 aromatic carbocycles. The maximum Gasteiger partial charge on any atom is 0.315 e. The molecular weight excluding hydrogens is 303 g/mol. The Bertz CT molecular complexity index is 840. The number of halogens is 1. The summed E-state index contributed by atoms with van der Waals surface area (Å²) in [6.07, 6.45) is 1.35. The molecule has 0 aliphatic rings. The van der Waals surface area contributed by atoms with Crippen LogP contribution in [0.1, 0.15) is 11.1 Å². The van der Waals surface area contributed by atoms with Crippen molar-refractivity contribution in [2.75, 3.05) is 7.11 Å². The molecule has 2 rings (SSSR count). The number of benzene rings is 2. The Hall–Kier alpha value is -3.40. The summed E-state index contributed by atoms with van der Waals surface area (Å²) in [7, 11) is 1.25. The molecule has 1 N–H and O–H groups in total. The maximum atomic E-state index is 13.3. The highest BCUT2D eigenvalue weighted by molar-refractivity contribution is 5.90. The van der Waals surface area contributed by atoms with Gasteiger partial charge in [-0.1, -0.05) is 12.1 Å². The molecule has 6 nitrogen and oxygen atoms in total. The maximum absolute atomic E-state index is 13.3. The van der Waals surface area contributed by atoms with E-state index in [1.807, 2.05) is 6.07 Å². The number of nitrogens with zero attached hydrogens (tertiary/aromatic N) is 2. The van der Waals surface area contributed by atoms with Crippen LogP contribution in [0.2, 0.25) is 0 Å². The summed E-state index contributed by atoms with van der Waals surface area (Å²) in [4.78, 5) is 10.2. The van der Waals surface area contributed by atoms with Gasteiger partial charge in [0.05, 0.1) is 23.7 Å². The molecule has 0 heterocycles. The lowest BCUT2D eigenvalue weighted by Gasteiger charge is -2.06. The van der Waals surface area contributed by atoms with Gasteiger partial charge in [0.25, 0.3) is 0 Å². The van der Waals surface area contributed by atoms with E-state index in [9.17, 15) is 24.9 Å². The van der Waals surface area contributed by atoms with Crippen LogP contribution in [-0.2, 0) is 0 Å². The van der Waals surface area contributed by atoms with Crippen molar-refractivity contribution in [3.63, 3.8) is 0 Å². The van der Waals surface area contributed by atoms with Crippen molar-refractivity contribution in [2.45, 2.75) is 0 Å². The number of phenols is 1. The number of hydrogen-bond acceptors (Lipinski definition) is 5. The minimum Gasteiger partial charge on any atom is -0.500 e. The van der Waals surface area contributed by atoms with E-state index in [2.05, 4.69) is 0 Å². The van der Waals surface area contributed by atoms with Crippen molar-refractivity contribution in [3.8, 4) is 17.6 Å². The Morgan fingerprint density at radius 3 is 2.74 bits per heavy atom. The molecule has 0 aliphatic heterocycles. The number of nitriles is 1. The second-order valence-corrected chi connectivity index (χ2v) is 4.53. The van der Waals surface area contributed by atoms with Crippen molar-refractivity contribution in [3.05, 3.63) is 63.5 Å². The number of phenolic OH excluding ortho intramolecular Hbond substituents is 1. The summed E-state index contributed by atoms with van der Waals surface area (Å²) < 4.78 is 18.2. The van der Waals surface area contributed by atoms with Crippen LogP contribution in [0.5, 0.6) is 11.5 Å². The van der Waals surface area contributed by atoms with Crippen LogP contribution >= 0.6 is 0 Å². The van der Waals surface area contributed by atoms with Crippen molar-refractivity contribution >= 4 is 17.3 Å². The van der Waals surface area contributed by atoms with Gasteiger partial charge in [-0.25, -0.2) is 4.39 Å². The third-order valence-electron chi connectivity index (χ3n) is 3.06. The van der Waals surface area contributed by atoms with Crippen LogP contribution in [0, 0.1) is 27.3 Å². The van der Waals surface area contributed by atoms with E-state index in [0.29, 0.717) is 5.56 Å². The van der Waals surface area contributed by atoms with Gasteiger partial charge in [0.15, 0.2) is 5.75 Å². The fourth-order valence-electron chi connectivity index (χ4n) is 1.99. The Labute approximate surface area is 130 Å². The number of allylic oxidation sites excluding steroid dienone is 1. The molecule has 7 heteroatoms. The third-order valence-corrected chi connectivity index (χ3v) is 3.06. The SMILES string of the molecule is COc1cc(/C=C(/C#N)c2cccc(F)c2)cc([N+](=O)[O-])c1O. The minimum atomic E-state index is -0.760. The van der Waals surface area contributed by atoms with Crippen LogP contribution in [0.15, 0.2) is 36.4 Å². The number of nitro benzene ring substituents is 1. The molecule has 0 aromatic heterocycles. The first-order chi connectivity index (χ1) is 11.0. The predicted octanol–water partition coefficient (Wildman–Crippen LogP) is 3.51. The molecule has 0 aliphatic carbocycles. The van der Waals surface area contributed by atoms with Crippen LogP contribution in [0.4, 0.5) is 10.1 Å². The number of ether oxygens (including phenoxy) is 1. The summed E-state index contributed by atoms with van der Waals surface area (Å²) in [6, 6.07) is 9.79. The van der Waals surface area contributed by atoms with E-state index in [0.717, 1.165) is 6.07 Å². The van der Waals surface area contributed by atoms with Crippen molar-refractivity contribution in [1.29, 1.82) is 5.26 Å². The topological polar surface area (TPSA) is 96.4 Å². The predicted molar refractivity (Wildman–Crippen MR) is 81.2 cm³/mol. The second kappa shape index (κ2) is 6.58. The van der Waals surface area contributed by atoms with E-state index >= 15 is 0 Å². The normalized spacial score (nSPS) is 10.9. The van der Waals surface area contributed by atoms with Crippen LogP contribution in [-0.4, -0.2) is 17.1 Å². The fraction of sp³-hybridized carbons (Fsp3) is 0.0625. The average molecular weight is 314 g/mol. The highest BCUT2D eigenvalue weighted by Gasteiger charge is 2.19. The van der Waals surface area contributed by atoms with E-state index in [1.165, 1.54) is 37.5 Å². The average Bonchev–Trinajstić information content (AvgIpc) is 2.53. The standard InChI is InChI=1S/C16H11FN2O4/c1-23-15-7-10(6-14(16(15)20)19(21)22)5-12(9-18)11-3-2-4-13(17)8-11/h2-8,20H,1H3/b12-5-. The van der Waals surface area contributed by atoms with Gasteiger partial charge in [-0.05, 0) is 35.4 Å². The highest BCUT2D eigenvalue weighted by atomic mass is 19.1. The van der Waals surface area contributed by atoms with E-state index in [1.54, 1.807) is 6.07 Å². The molecule has 0 amide bonds. The second-order valence-electron chi connectivity index (χ2n) is 4.53. The van der Waals surface area contributed by atoms with Gasteiger partial charge in [0, 0.05) is 6.07 Å². The molecule has 0 unspecified atom stereocenters. The largest absolute Gasteiger partial charge is 0.500 e. The Balaban J connectivity index is 2.59. The van der Waals surface area contributed by atoms with Gasteiger partial charge in [0.2, 0.25) is 5.75 Å². The minimum absolute atomic E-state index is 0.0954. The molecule has 2 aromatic rings. The first kappa shape index (κ1) is 16.0. The Morgan fingerprint density at radius 1 is 1.43 bits per heavy atom. The zero-order valence-corrected chi connectivity index (χ0v) is 12.0. The van der Waals surface area contributed by atoms with Crippen molar-refractivity contribution in [1.82, 2.24) is 0 Å². The van der Waals surface area contributed by atoms with Gasteiger partial charge in [-0.3, -0.25) is 10.1 Å². The molecule has 0 saturated heterocycles. The molecule has 0 fully saturated rings. The Morgan fingerprint density at radius 2 is 2.17 bits per heavy atom. The number of rotatable bonds is 4. The molecule has 116 valence electrons. The van der Waals surface area contributed by atoms with E-state index in [-0.39, 0.29) is 16.9 Å². The van der Waals surface area contributed by atoms with Crippen molar-refractivity contribution in [2.24, 2.45) is 0 Å². The van der Waals surface area contributed by atoms with E-state index in [4.69, 9.17) is 4.74 Å². The summed E-state index contributed by atoms with van der Waals surface area (Å²) in [5.41, 5.74) is 0.174. The summed E-state index contributed by atoms with van der Waals surface area (Å²) >= 11 is 0. The van der Waals surface area contributed by atoms with Gasteiger partial charge in [-0.2, -0.15) is 5.26 Å². The lowest BCUT2D eigenvalue weighted by molar-refractivity contribution is -0.386. The van der Waals surface area contributed by atoms with Crippen LogP contribution < -0.4 is 4.74 Å². The number of hydrogen-bond donors (Lipinski definition) is 1. The monoisotopic (exact) mass is 314 g/mol. The van der Waals surface area contributed by atoms with Crippen molar-refractivity contribution < 1.29 is 19.2 Å². The summed E-state index contributed by atoms with van der Waals surface area (Å²) in [6.45, 7) is 0. The van der Waals surface area contributed by atoms with Gasteiger partial charge in [-0.15, -0.1) is 0 Å². The van der Waals surface area contributed by atoms with Gasteiger partial charge in [0.1, 0.15) is 5.82 Å². The molecule has 23 heavy (non-hydrogen) atoms. The molecule has 0 saturated carbocycles. The zero-order valence-electron chi connectivity index (χ0n) is 12.0. The third kappa shape index (κ3) is 3.44. The quantitative estimate of drug-likeness (QED) is 0.403. The van der Waals surface area contributed by atoms with Gasteiger partial charge < -0.3 is 9.84 Å². The van der Waals surface area contributed by atoms with Crippen LogP contribution in [0.3, 0.4) is 0 Å². The molecule has 0 radical (unpaired) electrons. The Kier molecular flexibility index (Phi) is 4.57. The number of aromatic hydroxyl groups is 1. The highest BCUT2D eigenvalue weighted by Crippen LogP contribution is 2.37. The molecular formula is C16H11FN2O4. The number of nitro groups is 1. The van der Waals surface area contributed by atoms with Crippen LogP contribution in [0.25, 0.3) is 11.6 Å². The fourth-order valence-corrected chi connectivity index (χ4v) is 1.99. The first-order valence-electron chi connectivity index (χ1n) is 6.39. The summed E-state index contributed by atoms with van der Waals surface area (Å²) in [5, 5.41) is 29.9. The molecule has 0 atom stereocenters.